The number of aryl methyl sites for hydroxylation is 1. The summed E-state index contributed by atoms with van der Waals surface area (Å²) in [6.45, 7) is 5.24. The zero-order valence-electron chi connectivity index (χ0n) is 29.8. The van der Waals surface area contributed by atoms with Gasteiger partial charge in [0.2, 0.25) is 5.95 Å². The molecule has 1 aromatic heterocycles. The lowest BCUT2D eigenvalue weighted by molar-refractivity contribution is -0.137. The van der Waals surface area contributed by atoms with Gasteiger partial charge in [0.1, 0.15) is 17.1 Å². The second-order valence-corrected chi connectivity index (χ2v) is 14.5. The van der Waals surface area contributed by atoms with E-state index in [0.29, 0.717) is 40.8 Å². The van der Waals surface area contributed by atoms with Crippen molar-refractivity contribution < 1.29 is 32.2 Å². The van der Waals surface area contributed by atoms with Crippen molar-refractivity contribution in [2.24, 2.45) is 17.8 Å². The molecule has 4 N–H and O–H groups in total. The maximum absolute atomic E-state index is 14.1. The van der Waals surface area contributed by atoms with Gasteiger partial charge < -0.3 is 35.6 Å². The van der Waals surface area contributed by atoms with Crippen LogP contribution in [0.15, 0.2) is 42.6 Å². The fourth-order valence-corrected chi connectivity index (χ4v) is 9.41. The molecule has 2 atom stereocenters. The summed E-state index contributed by atoms with van der Waals surface area (Å²) in [5, 5.41) is 11.5. The summed E-state index contributed by atoms with van der Waals surface area (Å²) in [5.74, 6) is 1.27. The number of alkyl carbamates (subject to hydrolysis) is 1. The Kier molecular flexibility index (Phi) is 9.57. The minimum atomic E-state index is -4.75. The monoisotopic (exact) mass is 722 g/mol. The number of hydrogen-bond acceptors (Lipinski definition) is 10. The molecule has 1 aliphatic heterocycles. The number of nitrogens with one attached hydrogen (secondary N) is 4. The zero-order valence-corrected chi connectivity index (χ0v) is 29.8. The maximum atomic E-state index is 14.1. The Balaban J connectivity index is 1.04. The van der Waals surface area contributed by atoms with E-state index in [-0.39, 0.29) is 28.8 Å². The van der Waals surface area contributed by atoms with Gasteiger partial charge in [0.05, 0.1) is 31.2 Å². The van der Waals surface area contributed by atoms with Crippen LogP contribution in [0.1, 0.15) is 53.6 Å². The molecule has 12 nitrogen and oxygen atoms in total. The van der Waals surface area contributed by atoms with Crippen molar-refractivity contribution in [3.05, 3.63) is 59.3 Å². The summed E-state index contributed by atoms with van der Waals surface area (Å²) in [5.41, 5.74) is 1.22. The summed E-state index contributed by atoms with van der Waals surface area (Å²) in [6.07, 6.45) is 1.16. The first-order valence-electron chi connectivity index (χ1n) is 17.7. The van der Waals surface area contributed by atoms with Crippen LogP contribution in [0, 0.1) is 24.7 Å². The molecule has 2 heterocycles. The topological polar surface area (TPSA) is 133 Å². The number of ether oxygens (including phenoxy) is 2. The summed E-state index contributed by atoms with van der Waals surface area (Å²) < 4.78 is 52.9. The predicted octanol–water partition coefficient (Wildman–Crippen LogP) is 6.08. The van der Waals surface area contributed by atoms with Crippen LogP contribution in [0.4, 0.5) is 46.8 Å². The number of methoxy groups -OCH3 is 2. The highest BCUT2D eigenvalue weighted by molar-refractivity contribution is 6.00. The number of piperazine rings is 1. The first-order chi connectivity index (χ1) is 24.9. The molecule has 3 aromatic rings. The van der Waals surface area contributed by atoms with E-state index in [0.717, 1.165) is 57.3 Å². The molecule has 0 radical (unpaired) electrons. The van der Waals surface area contributed by atoms with Crippen LogP contribution in [0.2, 0.25) is 0 Å². The number of aromatic nitrogens is 2. The molecule has 2 aromatic carbocycles. The van der Waals surface area contributed by atoms with E-state index in [4.69, 9.17) is 9.47 Å². The first kappa shape index (κ1) is 35.6. The molecule has 2 amide bonds. The van der Waals surface area contributed by atoms with Crippen LogP contribution < -0.4 is 30.9 Å². The van der Waals surface area contributed by atoms with E-state index in [1.54, 1.807) is 19.1 Å². The second-order valence-electron chi connectivity index (χ2n) is 14.5. The normalized spacial score (nSPS) is 25.4. The van der Waals surface area contributed by atoms with Crippen LogP contribution in [0.5, 0.6) is 5.75 Å². The standard InChI is InChI=1S/C37H45F3N8O4/c1-21-6-5-7-26(33(49)41-2)30(21)44-32-27(37(38,39)40)20-42-34(45-32)43-28-9-8-25(16-29(28)51-3)47-10-12-48(13-11-47)31-23-14-22-15-24(31)19-36(17-22,18-23)46-35(50)52-4/h5-9,16,20,22-24,31H,10-15,17-19H2,1-4H3,(H,41,49)(H,46,50)(H2,42,43,44,45). The lowest BCUT2D eigenvalue weighted by atomic mass is 9.50. The third kappa shape index (κ3) is 6.89. The van der Waals surface area contributed by atoms with Gasteiger partial charge in [0.15, 0.2) is 0 Å². The lowest BCUT2D eigenvalue weighted by Gasteiger charge is -2.62. The van der Waals surface area contributed by atoms with E-state index < -0.39 is 23.5 Å². The Morgan fingerprint density at radius 2 is 1.71 bits per heavy atom. The van der Waals surface area contributed by atoms with Gasteiger partial charge in [-0.05, 0) is 80.5 Å². The Hall–Kier alpha value is -4.79. The lowest BCUT2D eigenvalue weighted by Crippen LogP contribution is -2.68. The Bertz CT molecular complexity index is 1820. The highest BCUT2D eigenvalue weighted by atomic mass is 19.4. The molecular formula is C37H45F3N8O4. The Labute approximate surface area is 300 Å². The average molecular weight is 723 g/mol. The molecule has 8 rings (SSSR count). The van der Waals surface area contributed by atoms with Gasteiger partial charge >= 0.3 is 12.3 Å². The number of nitrogens with zero attached hydrogens (tertiary/aromatic N) is 4. The first-order valence-corrected chi connectivity index (χ1v) is 17.7. The number of benzene rings is 2. The minimum absolute atomic E-state index is 0.0792. The molecule has 15 heteroatoms. The Morgan fingerprint density at radius 3 is 2.37 bits per heavy atom. The van der Waals surface area contributed by atoms with Crippen molar-refractivity contribution in [2.75, 3.05) is 63.0 Å². The fraction of sp³-hybridized carbons (Fsp3) is 0.514. The number of carbonyl (C=O) groups excluding carboxylic acids is 2. The number of para-hydroxylation sites is 1. The number of halogens is 3. The quantitative estimate of drug-likeness (QED) is 0.206. The molecule has 2 unspecified atom stereocenters. The van der Waals surface area contributed by atoms with Crippen LogP contribution in [0.3, 0.4) is 0 Å². The van der Waals surface area contributed by atoms with Crippen molar-refractivity contribution in [2.45, 2.75) is 56.8 Å². The van der Waals surface area contributed by atoms with Crippen molar-refractivity contribution in [3.63, 3.8) is 0 Å². The van der Waals surface area contributed by atoms with Crippen LogP contribution in [-0.4, -0.2) is 85.9 Å². The van der Waals surface area contributed by atoms with Gasteiger partial charge in [-0.25, -0.2) is 9.78 Å². The van der Waals surface area contributed by atoms with Gasteiger partial charge in [-0.15, -0.1) is 0 Å². The maximum Gasteiger partial charge on any atom is 0.421 e. The molecule has 52 heavy (non-hydrogen) atoms. The van der Waals surface area contributed by atoms with Crippen molar-refractivity contribution >= 4 is 40.8 Å². The Morgan fingerprint density at radius 1 is 0.981 bits per heavy atom. The fourth-order valence-electron chi connectivity index (χ4n) is 9.41. The van der Waals surface area contributed by atoms with Gasteiger partial charge in [-0.3, -0.25) is 9.69 Å². The van der Waals surface area contributed by atoms with E-state index in [1.165, 1.54) is 40.2 Å². The second kappa shape index (κ2) is 14.0. The van der Waals surface area contributed by atoms with Crippen LogP contribution in [0.25, 0.3) is 0 Å². The van der Waals surface area contributed by atoms with Gasteiger partial charge in [-0.1, -0.05) is 12.1 Å². The largest absolute Gasteiger partial charge is 0.494 e. The SMILES string of the molecule is CNC(=O)c1cccc(C)c1Nc1nc(Nc2ccc(N3CCN(C4C5CC6CC4CC(NC(=O)OC)(C6)C5)CC3)cc2OC)ncc1C(F)(F)F. The molecule has 5 aliphatic rings. The van der Waals surface area contributed by atoms with Crippen molar-refractivity contribution in [1.82, 2.24) is 25.5 Å². The summed E-state index contributed by atoms with van der Waals surface area (Å²) >= 11 is 0. The summed E-state index contributed by atoms with van der Waals surface area (Å²) in [4.78, 5) is 37.8. The third-order valence-electron chi connectivity index (χ3n) is 11.4. The molecule has 4 bridgehead atoms. The summed E-state index contributed by atoms with van der Waals surface area (Å²) in [7, 11) is 4.42. The smallest absolute Gasteiger partial charge is 0.421 e. The highest BCUT2D eigenvalue weighted by Gasteiger charge is 2.57. The van der Waals surface area contributed by atoms with E-state index in [1.807, 2.05) is 18.2 Å². The minimum Gasteiger partial charge on any atom is -0.494 e. The molecule has 4 aliphatic carbocycles. The van der Waals surface area contributed by atoms with Gasteiger partial charge in [0.25, 0.3) is 5.91 Å². The van der Waals surface area contributed by atoms with Gasteiger partial charge in [0, 0.05) is 62.8 Å². The van der Waals surface area contributed by atoms with E-state index >= 15 is 0 Å². The zero-order chi connectivity index (χ0) is 36.8. The third-order valence-corrected chi connectivity index (χ3v) is 11.4. The van der Waals surface area contributed by atoms with Crippen molar-refractivity contribution in [1.29, 1.82) is 0 Å². The number of alkyl halides is 3. The molecule has 1 saturated heterocycles. The number of hydrogen-bond donors (Lipinski definition) is 4. The molecular weight excluding hydrogens is 677 g/mol. The van der Waals surface area contributed by atoms with Crippen LogP contribution >= 0.6 is 0 Å². The molecule has 0 spiro atoms. The molecule has 5 fully saturated rings. The van der Waals surface area contributed by atoms with Gasteiger partial charge in [-0.2, -0.15) is 18.2 Å². The molecule has 278 valence electrons. The number of amides is 2. The number of rotatable bonds is 9. The highest BCUT2D eigenvalue weighted by Crippen LogP contribution is 2.57. The number of anilines is 5. The predicted molar refractivity (Wildman–Crippen MR) is 191 cm³/mol. The van der Waals surface area contributed by atoms with Crippen LogP contribution in [-0.2, 0) is 10.9 Å². The summed E-state index contributed by atoms with van der Waals surface area (Å²) in [6, 6.07) is 11.1. The van der Waals surface area contributed by atoms with E-state index in [2.05, 4.69) is 41.0 Å². The average Bonchev–Trinajstić information content (AvgIpc) is 3.11. The van der Waals surface area contributed by atoms with Crippen molar-refractivity contribution in [3.8, 4) is 5.75 Å². The van der Waals surface area contributed by atoms with E-state index in [9.17, 15) is 22.8 Å². The molecule has 4 saturated carbocycles. The number of carbonyl (C=O) groups is 2.